The van der Waals surface area contributed by atoms with Gasteiger partial charge in [0.15, 0.2) is 5.96 Å². The van der Waals surface area contributed by atoms with Gasteiger partial charge in [-0.15, -0.1) is 0 Å². The van der Waals surface area contributed by atoms with E-state index in [9.17, 15) is 33.9 Å². The monoisotopic (exact) mass is 598 g/mol. The molecule has 15 nitrogen and oxygen atoms in total. The molecule has 9 N–H and O–H groups in total. The lowest BCUT2D eigenvalue weighted by atomic mass is 9.79. The first-order chi connectivity index (χ1) is 20.5. The van der Waals surface area contributed by atoms with Gasteiger partial charge in [0.05, 0.1) is 13.0 Å². The van der Waals surface area contributed by atoms with Crippen molar-refractivity contribution in [2.24, 2.45) is 16.5 Å². The van der Waals surface area contributed by atoms with Crippen LogP contribution < -0.4 is 32.7 Å². The fraction of sp³-hybridized carbons (Fsp3) is 0.536. The van der Waals surface area contributed by atoms with Crippen LogP contribution in [0, 0.1) is 0 Å². The first-order valence-electron chi connectivity index (χ1n) is 14.3. The first-order valence-corrected chi connectivity index (χ1v) is 14.3. The van der Waals surface area contributed by atoms with Gasteiger partial charge in [0.1, 0.15) is 23.7 Å². The smallest absolute Gasteiger partial charge is 0.305 e. The number of guanidine groups is 1. The summed E-state index contributed by atoms with van der Waals surface area (Å²) >= 11 is 0. The van der Waals surface area contributed by atoms with Gasteiger partial charge >= 0.3 is 5.97 Å². The molecule has 3 aliphatic rings. The SMILES string of the molecule is NC(N)=NCCC[C@@H]1NC(=O)[C@@H]2CC[C@@H]3CC[C@](Cc4ccccc4)(NC(=O)[C@H](CC(=O)O)NC(=O)CNC1=O)C(=O)N32. The van der Waals surface area contributed by atoms with Crippen molar-refractivity contribution < 1.29 is 33.9 Å². The number of benzene rings is 1. The van der Waals surface area contributed by atoms with Gasteiger partial charge in [-0.25, -0.2) is 0 Å². The van der Waals surface area contributed by atoms with Crippen molar-refractivity contribution in [3.63, 3.8) is 0 Å². The molecule has 232 valence electrons. The summed E-state index contributed by atoms with van der Waals surface area (Å²) in [4.78, 5) is 84.4. The van der Waals surface area contributed by atoms with Crippen LogP contribution in [-0.4, -0.2) is 94.3 Å². The van der Waals surface area contributed by atoms with Gasteiger partial charge in [-0.2, -0.15) is 0 Å². The maximum absolute atomic E-state index is 14.4. The molecule has 0 aliphatic carbocycles. The number of fused-ring (bicyclic) bond motifs is 1. The number of aliphatic carboxylic acids is 1. The van der Waals surface area contributed by atoms with Crippen LogP contribution >= 0.6 is 0 Å². The van der Waals surface area contributed by atoms with E-state index in [0.717, 1.165) is 5.56 Å². The van der Waals surface area contributed by atoms with Gasteiger partial charge in [-0.3, -0.25) is 33.8 Å². The first kappa shape index (κ1) is 31.3. The largest absolute Gasteiger partial charge is 0.481 e. The number of rotatable bonds is 8. The minimum atomic E-state index is -1.52. The molecular formula is C28H38N8O7. The number of aliphatic imine (C=N–C) groups is 1. The Morgan fingerprint density at radius 3 is 2.42 bits per heavy atom. The van der Waals surface area contributed by atoms with Crippen LogP contribution in [0.25, 0.3) is 0 Å². The zero-order valence-electron chi connectivity index (χ0n) is 23.7. The average molecular weight is 599 g/mol. The van der Waals surface area contributed by atoms with Crippen LogP contribution in [0.5, 0.6) is 0 Å². The van der Waals surface area contributed by atoms with E-state index in [1.165, 1.54) is 4.90 Å². The number of carboxylic acids is 1. The summed E-state index contributed by atoms with van der Waals surface area (Å²) < 4.78 is 0. The molecule has 3 heterocycles. The molecule has 3 fully saturated rings. The number of amides is 5. The van der Waals surface area contributed by atoms with Crippen LogP contribution in [-0.2, 0) is 35.2 Å². The highest BCUT2D eigenvalue weighted by Gasteiger charge is 2.54. The molecule has 1 aromatic carbocycles. The summed E-state index contributed by atoms with van der Waals surface area (Å²) in [6.45, 7) is -0.376. The summed E-state index contributed by atoms with van der Waals surface area (Å²) in [6.07, 6.45) is 1.49. The molecule has 1 aromatic rings. The van der Waals surface area contributed by atoms with Crippen molar-refractivity contribution in [2.75, 3.05) is 13.1 Å². The third-order valence-corrected chi connectivity index (χ3v) is 8.10. The fourth-order valence-corrected chi connectivity index (χ4v) is 6.05. The maximum Gasteiger partial charge on any atom is 0.305 e. The van der Waals surface area contributed by atoms with Gasteiger partial charge in [-0.1, -0.05) is 30.3 Å². The molecule has 0 spiro atoms. The normalized spacial score (nSPS) is 28.0. The van der Waals surface area contributed by atoms with Crippen LogP contribution in [0.15, 0.2) is 35.3 Å². The number of nitrogens with two attached hydrogens (primary N) is 2. The van der Waals surface area contributed by atoms with E-state index < -0.39 is 72.1 Å². The van der Waals surface area contributed by atoms with Crippen molar-refractivity contribution in [3.8, 4) is 0 Å². The Morgan fingerprint density at radius 2 is 1.72 bits per heavy atom. The van der Waals surface area contributed by atoms with E-state index in [2.05, 4.69) is 26.3 Å². The predicted octanol–water partition coefficient (Wildman–Crippen LogP) is -2.13. The van der Waals surface area contributed by atoms with E-state index in [-0.39, 0.29) is 37.8 Å². The Bertz CT molecular complexity index is 1280. The number of carboxylic acid groups (broad SMARTS) is 1. The zero-order chi connectivity index (χ0) is 31.1. The van der Waals surface area contributed by atoms with Crippen LogP contribution in [0.1, 0.15) is 50.5 Å². The zero-order valence-corrected chi connectivity index (χ0v) is 23.7. The highest BCUT2D eigenvalue weighted by atomic mass is 16.4. The second-order valence-electron chi connectivity index (χ2n) is 11.2. The molecule has 2 bridgehead atoms. The Morgan fingerprint density at radius 1 is 0.977 bits per heavy atom. The Kier molecular flexibility index (Phi) is 9.83. The molecule has 43 heavy (non-hydrogen) atoms. The lowest BCUT2D eigenvalue weighted by molar-refractivity contribution is -0.152. The van der Waals surface area contributed by atoms with Crippen molar-refractivity contribution in [1.82, 2.24) is 26.2 Å². The van der Waals surface area contributed by atoms with Crippen molar-refractivity contribution in [2.45, 2.75) is 81.1 Å². The number of nitrogens with one attached hydrogen (secondary N) is 4. The van der Waals surface area contributed by atoms with E-state index >= 15 is 0 Å². The van der Waals surface area contributed by atoms with E-state index in [4.69, 9.17) is 11.5 Å². The van der Waals surface area contributed by atoms with Crippen LogP contribution in [0.2, 0.25) is 0 Å². The maximum atomic E-state index is 14.4. The second kappa shape index (κ2) is 13.5. The number of carbonyl (C=O) groups excluding carboxylic acids is 5. The summed E-state index contributed by atoms with van der Waals surface area (Å²) in [6, 6.07) is 5.31. The molecule has 0 saturated carbocycles. The summed E-state index contributed by atoms with van der Waals surface area (Å²) in [5, 5.41) is 19.8. The number of carbonyl (C=O) groups is 6. The second-order valence-corrected chi connectivity index (χ2v) is 11.2. The number of hydrogen-bond acceptors (Lipinski definition) is 7. The highest BCUT2D eigenvalue weighted by Crippen LogP contribution is 2.38. The van der Waals surface area contributed by atoms with Crippen molar-refractivity contribution in [1.29, 1.82) is 0 Å². The standard InChI is InChI=1S/C28H38N8O7/c29-27(30)31-12-4-7-18-23(40)32-15-21(37)33-19(13-22(38)39)24(41)35-28(14-16-5-2-1-3-6-16)11-10-17-8-9-20(25(42)34-18)36(17)26(28)43/h1-3,5-6,17-20H,4,7-15H2,(H,32,40)(H,33,37)(H,34,42)(H,35,41)(H,38,39)(H4,29,30,31)/t17-,18+,19+,20+,28-/m1/s1. The lowest BCUT2D eigenvalue weighted by Gasteiger charge is -2.46. The third-order valence-electron chi connectivity index (χ3n) is 8.10. The number of hydrogen-bond donors (Lipinski definition) is 7. The number of piperidine rings is 1. The average Bonchev–Trinajstić information content (AvgIpc) is 3.39. The van der Waals surface area contributed by atoms with Gasteiger partial charge in [0.2, 0.25) is 29.5 Å². The lowest BCUT2D eigenvalue weighted by Crippen LogP contribution is -2.69. The molecule has 5 atom stereocenters. The molecule has 4 rings (SSSR count). The Labute approximate surface area is 248 Å². The Hall–Kier alpha value is -4.69. The summed E-state index contributed by atoms with van der Waals surface area (Å²) in [7, 11) is 0. The van der Waals surface area contributed by atoms with E-state index in [1.54, 1.807) is 12.1 Å². The molecule has 15 heteroatoms. The molecular weight excluding hydrogens is 560 g/mol. The molecule has 5 amide bonds. The van der Waals surface area contributed by atoms with Gasteiger partial charge in [-0.05, 0) is 44.1 Å². The molecule has 0 radical (unpaired) electrons. The van der Waals surface area contributed by atoms with Crippen LogP contribution in [0.3, 0.4) is 0 Å². The van der Waals surface area contributed by atoms with Gasteiger partial charge in [0, 0.05) is 19.0 Å². The summed E-state index contributed by atoms with van der Waals surface area (Å²) in [5.41, 5.74) is 10.0. The molecule has 3 saturated heterocycles. The van der Waals surface area contributed by atoms with Crippen molar-refractivity contribution in [3.05, 3.63) is 35.9 Å². The molecule has 0 unspecified atom stereocenters. The van der Waals surface area contributed by atoms with Crippen LogP contribution in [0.4, 0.5) is 0 Å². The van der Waals surface area contributed by atoms with E-state index in [0.29, 0.717) is 25.7 Å². The Balaban J connectivity index is 1.71. The van der Waals surface area contributed by atoms with E-state index in [1.807, 2.05) is 18.2 Å². The number of nitrogens with zero attached hydrogens (tertiary/aromatic N) is 2. The van der Waals surface area contributed by atoms with Gasteiger partial charge < -0.3 is 42.7 Å². The minimum Gasteiger partial charge on any atom is -0.481 e. The summed E-state index contributed by atoms with van der Waals surface area (Å²) in [5.74, 6) is -4.79. The molecule has 0 aromatic heterocycles. The minimum absolute atomic E-state index is 0.0944. The topological polar surface area (TPSA) is 238 Å². The highest BCUT2D eigenvalue weighted by molar-refractivity contribution is 6.00. The quantitative estimate of drug-likeness (QED) is 0.0980. The van der Waals surface area contributed by atoms with Crippen molar-refractivity contribution >= 4 is 41.5 Å². The molecule has 3 aliphatic heterocycles. The van der Waals surface area contributed by atoms with Gasteiger partial charge in [0.25, 0.3) is 0 Å². The predicted molar refractivity (Wildman–Crippen MR) is 153 cm³/mol. The fourth-order valence-electron chi connectivity index (χ4n) is 6.05. The third kappa shape index (κ3) is 7.59.